The summed E-state index contributed by atoms with van der Waals surface area (Å²) in [5, 5.41) is 2.45. The van der Waals surface area contributed by atoms with Gasteiger partial charge in [-0.05, 0) is 48.0 Å². The summed E-state index contributed by atoms with van der Waals surface area (Å²) in [6.45, 7) is 0. The molecule has 0 aliphatic heterocycles. The molecule has 21 heavy (non-hydrogen) atoms. The first-order valence-electron chi connectivity index (χ1n) is 5.49. The van der Waals surface area contributed by atoms with Crippen LogP contribution in [-0.4, -0.2) is 20.1 Å². The minimum atomic E-state index is -4.65. The number of halogens is 3. The molecule has 9 heteroatoms. The lowest BCUT2D eigenvalue weighted by Gasteiger charge is -2.06. The minimum Gasteiger partial charge on any atom is -0.440 e. The lowest BCUT2D eigenvalue weighted by molar-refractivity contribution is 0.0996. The number of hydrogen-bond acceptors (Lipinski definition) is 4. The van der Waals surface area contributed by atoms with E-state index >= 15 is 0 Å². The Hall–Kier alpha value is -1.93. The van der Waals surface area contributed by atoms with Gasteiger partial charge in [-0.1, -0.05) is 0 Å². The molecule has 1 aromatic carbocycles. The van der Waals surface area contributed by atoms with Crippen molar-refractivity contribution in [3.05, 3.63) is 47.4 Å². The number of rotatable bonds is 4. The van der Waals surface area contributed by atoms with E-state index < -0.39 is 26.4 Å². The van der Waals surface area contributed by atoms with Gasteiger partial charge in [0.2, 0.25) is 9.84 Å². The first kappa shape index (κ1) is 15.5. The summed E-state index contributed by atoms with van der Waals surface area (Å²) in [4.78, 5) is 11.2. The standard InChI is InChI=1S/C12H8ClF2NO4S/c13-10-6-5-9(20-10)11(17)16-7-1-3-8(4-2-7)21(18,19)12(14)15/h1-6,12H,(H,16,17). The highest BCUT2D eigenvalue weighted by atomic mass is 35.5. The first-order valence-corrected chi connectivity index (χ1v) is 7.42. The third-order valence-corrected chi connectivity index (χ3v) is 4.07. The summed E-state index contributed by atoms with van der Waals surface area (Å²) in [5.41, 5.74) is 0.223. The van der Waals surface area contributed by atoms with Gasteiger partial charge >= 0.3 is 5.76 Å². The number of alkyl halides is 2. The summed E-state index contributed by atoms with van der Waals surface area (Å²) in [6, 6.07) is 7.08. The predicted octanol–water partition coefficient (Wildman–Crippen LogP) is 3.18. The maximum atomic E-state index is 12.4. The van der Waals surface area contributed by atoms with Crippen molar-refractivity contribution in [2.45, 2.75) is 10.7 Å². The van der Waals surface area contributed by atoms with Crippen LogP contribution in [0.4, 0.5) is 14.5 Å². The Labute approximate surface area is 123 Å². The van der Waals surface area contributed by atoms with Crippen LogP contribution >= 0.6 is 11.6 Å². The Morgan fingerprint density at radius 2 is 1.76 bits per heavy atom. The SMILES string of the molecule is O=C(Nc1ccc(S(=O)(=O)C(F)F)cc1)c1ccc(Cl)o1. The van der Waals surface area contributed by atoms with Gasteiger partial charge < -0.3 is 9.73 Å². The highest BCUT2D eigenvalue weighted by Crippen LogP contribution is 2.21. The van der Waals surface area contributed by atoms with Crippen molar-refractivity contribution in [3.8, 4) is 0 Å². The molecule has 0 unspecified atom stereocenters. The number of carbonyl (C=O) groups excluding carboxylic acids is 1. The van der Waals surface area contributed by atoms with E-state index in [1.54, 1.807) is 0 Å². The summed E-state index contributed by atoms with van der Waals surface area (Å²) in [7, 11) is -4.65. The van der Waals surface area contributed by atoms with Crippen LogP contribution in [0.25, 0.3) is 0 Å². The van der Waals surface area contributed by atoms with Crippen LogP contribution in [0.15, 0.2) is 45.7 Å². The van der Waals surface area contributed by atoms with Gasteiger partial charge in [0, 0.05) is 5.69 Å². The van der Waals surface area contributed by atoms with E-state index in [1.165, 1.54) is 24.3 Å². The molecule has 112 valence electrons. The van der Waals surface area contributed by atoms with Crippen LogP contribution in [0.3, 0.4) is 0 Å². The van der Waals surface area contributed by atoms with Crippen molar-refractivity contribution in [1.29, 1.82) is 0 Å². The molecule has 2 rings (SSSR count). The average molecular weight is 336 g/mol. The highest BCUT2D eigenvalue weighted by molar-refractivity contribution is 7.91. The number of nitrogens with one attached hydrogen (secondary N) is 1. The Balaban J connectivity index is 2.15. The van der Waals surface area contributed by atoms with Gasteiger partial charge in [0.25, 0.3) is 5.91 Å². The third kappa shape index (κ3) is 3.40. The molecule has 0 bridgehead atoms. The first-order chi connectivity index (χ1) is 9.80. The second-order valence-corrected chi connectivity index (χ2v) is 6.18. The number of carbonyl (C=O) groups is 1. The van der Waals surface area contributed by atoms with Crippen LogP contribution in [-0.2, 0) is 9.84 Å². The Bertz CT molecular complexity index is 756. The number of anilines is 1. The maximum Gasteiger partial charge on any atom is 0.341 e. The van der Waals surface area contributed by atoms with E-state index in [9.17, 15) is 22.0 Å². The number of furan rings is 1. The average Bonchev–Trinajstić information content (AvgIpc) is 2.86. The molecule has 1 N–H and O–H groups in total. The van der Waals surface area contributed by atoms with Gasteiger partial charge in [-0.2, -0.15) is 8.78 Å². The fraction of sp³-hybridized carbons (Fsp3) is 0.0833. The van der Waals surface area contributed by atoms with E-state index in [0.717, 1.165) is 12.1 Å². The summed E-state index contributed by atoms with van der Waals surface area (Å²) >= 11 is 5.52. The van der Waals surface area contributed by atoms with Gasteiger partial charge in [0.15, 0.2) is 11.0 Å². The zero-order valence-corrected chi connectivity index (χ0v) is 11.8. The summed E-state index contributed by atoms with van der Waals surface area (Å²) in [5.74, 6) is -4.14. The number of hydrogen-bond donors (Lipinski definition) is 1. The van der Waals surface area contributed by atoms with E-state index in [0.29, 0.717) is 0 Å². The lowest BCUT2D eigenvalue weighted by atomic mass is 10.3. The van der Waals surface area contributed by atoms with Gasteiger partial charge in [0.1, 0.15) is 0 Å². The van der Waals surface area contributed by atoms with Crippen molar-refractivity contribution in [2.24, 2.45) is 0 Å². The zero-order chi connectivity index (χ0) is 15.6. The molecule has 0 radical (unpaired) electrons. The number of benzene rings is 1. The van der Waals surface area contributed by atoms with Crippen molar-refractivity contribution in [3.63, 3.8) is 0 Å². The van der Waals surface area contributed by atoms with Gasteiger partial charge in [-0.15, -0.1) is 0 Å². The topological polar surface area (TPSA) is 76.4 Å². The minimum absolute atomic E-state index is 0.0377. The molecule has 0 fully saturated rings. The van der Waals surface area contributed by atoms with Gasteiger partial charge in [-0.25, -0.2) is 8.42 Å². The Morgan fingerprint density at radius 1 is 1.14 bits per heavy atom. The van der Waals surface area contributed by atoms with Crippen LogP contribution in [0.5, 0.6) is 0 Å². The molecule has 1 amide bonds. The lowest BCUT2D eigenvalue weighted by Crippen LogP contribution is -2.13. The van der Waals surface area contributed by atoms with E-state index in [2.05, 4.69) is 5.32 Å². The molecule has 0 aliphatic carbocycles. The second kappa shape index (κ2) is 5.82. The van der Waals surface area contributed by atoms with Crippen LogP contribution in [0, 0.1) is 0 Å². The molecule has 0 spiro atoms. The van der Waals surface area contributed by atoms with Crippen LogP contribution < -0.4 is 5.32 Å². The molecular weight excluding hydrogens is 328 g/mol. The molecule has 2 aromatic rings. The smallest absolute Gasteiger partial charge is 0.341 e. The van der Waals surface area contributed by atoms with Crippen molar-refractivity contribution in [1.82, 2.24) is 0 Å². The molecule has 1 aromatic heterocycles. The second-order valence-electron chi connectivity index (χ2n) is 3.89. The van der Waals surface area contributed by atoms with E-state index in [-0.39, 0.29) is 16.7 Å². The van der Waals surface area contributed by atoms with Crippen LogP contribution in [0.1, 0.15) is 10.6 Å². The number of amides is 1. The fourth-order valence-electron chi connectivity index (χ4n) is 1.46. The van der Waals surface area contributed by atoms with E-state index in [1.807, 2.05) is 0 Å². The fourth-order valence-corrected chi connectivity index (χ4v) is 2.33. The number of sulfone groups is 1. The predicted molar refractivity (Wildman–Crippen MR) is 71.3 cm³/mol. The molecular formula is C12H8ClF2NO4S. The van der Waals surface area contributed by atoms with E-state index in [4.69, 9.17) is 16.0 Å². The van der Waals surface area contributed by atoms with Crippen molar-refractivity contribution in [2.75, 3.05) is 5.32 Å². The molecule has 1 heterocycles. The molecule has 5 nitrogen and oxygen atoms in total. The van der Waals surface area contributed by atoms with Crippen molar-refractivity contribution >= 4 is 33.0 Å². The molecule has 0 atom stereocenters. The summed E-state index contributed by atoms with van der Waals surface area (Å²) < 4.78 is 52.0. The quantitative estimate of drug-likeness (QED) is 0.931. The van der Waals surface area contributed by atoms with Crippen LogP contribution in [0.2, 0.25) is 5.22 Å². The largest absolute Gasteiger partial charge is 0.440 e. The normalized spacial score (nSPS) is 11.6. The third-order valence-electron chi connectivity index (χ3n) is 2.47. The molecule has 0 saturated carbocycles. The molecule has 0 saturated heterocycles. The zero-order valence-electron chi connectivity index (χ0n) is 10.2. The van der Waals surface area contributed by atoms with Gasteiger partial charge in [0.05, 0.1) is 4.90 Å². The molecule has 0 aliphatic rings. The van der Waals surface area contributed by atoms with Crippen molar-refractivity contribution < 1.29 is 26.4 Å². The highest BCUT2D eigenvalue weighted by Gasteiger charge is 2.26. The maximum absolute atomic E-state index is 12.4. The summed E-state index contributed by atoms with van der Waals surface area (Å²) in [6.07, 6.45) is 0. The monoisotopic (exact) mass is 335 g/mol. The van der Waals surface area contributed by atoms with Gasteiger partial charge in [-0.3, -0.25) is 4.79 Å². The Morgan fingerprint density at radius 3 is 2.24 bits per heavy atom. The Kier molecular flexibility index (Phi) is 4.29.